The largest absolute Gasteiger partial charge is 0.481 e. The molecule has 28 heavy (non-hydrogen) atoms. The smallest absolute Gasteiger partial charge is 0.303 e. The fourth-order valence-corrected chi connectivity index (χ4v) is 8.41. The Hall–Kier alpha value is -0.830. The highest BCUT2D eigenvalue weighted by Crippen LogP contribution is 2.67. The summed E-state index contributed by atoms with van der Waals surface area (Å²) in [6.07, 6.45) is 14.5. The highest BCUT2D eigenvalue weighted by molar-refractivity contribution is 5.66. The maximum atomic E-state index is 11.1. The number of ether oxygens (including phenoxy) is 1. The molecule has 4 rings (SSSR count). The lowest BCUT2D eigenvalue weighted by atomic mass is 9.46. The summed E-state index contributed by atoms with van der Waals surface area (Å²) in [5.41, 5.74) is 2.52. The molecule has 3 nitrogen and oxygen atoms in total. The molecular formula is C25H40O3. The molecule has 0 bridgehead atoms. The van der Waals surface area contributed by atoms with Crippen molar-refractivity contribution < 1.29 is 14.6 Å². The summed E-state index contributed by atoms with van der Waals surface area (Å²) in [5.74, 6) is 3.18. The van der Waals surface area contributed by atoms with Crippen molar-refractivity contribution in [2.24, 2.45) is 40.4 Å². The third-order valence-corrected chi connectivity index (χ3v) is 9.95. The first kappa shape index (κ1) is 20.4. The second-order valence-corrected chi connectivity index (χ2v) is 11.0. The van der Waals surface area contributed by atoms with Crippen molar-refractivity contribution in [1.82, 2.24) is 0 Å². The van der Waals surface area contributed by atoms with Gasteiger partial charge in [-0.1, -0.05) is 32.4 Å². The first-order valence-corrected chi connectivity index (χ1v) is 11.8. The van der Waals surface area contributed by atoms with Crippen LogP contribution in [0.3, 0.4) is 0 Å². The topological polar surface area (TPSA) is 46.5 Å². The van der Waals surface area contributed by atoms with E-state index in [4.69, 9.17) is 9.84 Å². The Morgan fingerprint density at radius 3 is 2.68 bits per heavy atom. The second-order valence-electron chi connectivity index (χ2n) is 11.0. The van der Waals surface area contributed by atoms with E-state index < -0.39 is 5.97 Å². The van der Waals surface area contributed by atoms with Crippen molar-refractivity contribution in [2.45, 2.75) is 91.1 Å². The van der Waals surface area contributed by atoms with Crippen LogP contribution in [0.15, 0.2) is 11.6 Å². The zero-order chi connectivity index (χ0) is 20.1. The van der Waals surface area contributed by atoms with Gasteiger partial charge in [0.15, 0.2) is 0 Å². The zero-order valence-corrected chi connectivity index (χ0v) is 18.4. The van der Waals surface area contributed by atoms with Crippen LogP contribution < -0.4 is 0 Å². The number of rotatable bonds is 5. The fraction of sp³-hybridized carbons (Fsp3) is 0.880. The van der Waals surface area contributed by atoms with Gasteiger partial charge in [0, 0.05) is 13.5 Å². The molecule has 3 fully saturated rings. The minimum absolute atomic E-state index is 0.331. The fourth-order valence-electron chi connectivity index (χ4n) is 8.41. The summed E-state index contributed by atoms with van der Waals surface area (Å²) in [7, 11) is 1.85. The molecule has 0 heterocycles. The van der Waals surface area contributed by atoms with Crippen molar-refractivity contribution in [3.63, 3.8) is 0 Å². The van der Waals surface area contributed by atoms with Crippen LogP contribution in [-0.4, -0.2) is 24.3 Å². The number of hydrogen-bond donors (Lipinski definition) is 1. The van der Waals surface area contributed by atoms with Crippen molar-refractivity contribution >= 4 is 5.97 Å². The number of carboxylic acid groups (broad SMARTS) is 1. The Morgan fingerprint density at radius 1 is 1.18 bits per heavy atom. The van der Waals surface area contributed by atoms with E-state index in [0.717, 1.165) is 24.2 Å². The highest BCUT2D eigenvalue weighted by atomic mass is 16.5. The molecule has 0 aliphatic heterocycles. The van der Waals surface area contributed by atoms with E-state index in [0.29, 0.717) is 35.2 Å². The number of hydrogen-bond acceptors (Lipinski definition) is 2. The predicted octanol–water partition coefficient (Wildman–Crippen LogP) is 6.08. The van der Waals surface area contributed by atoms with E-state index in [1.54, 1.807) is 5.57 Å². The molecule has 0 aromatic rings. The predicted molar refractivity (Wildman–Crippen MR) is 112 cm³/mol. The Labute approximate surface area is 171 Å². The minimum Gasteiger partial charge on any atom is -0.481 e. The van der Waals surface area contributed by atoms with Crippen LogP contribution in [0, 0.1) is 40.4 Å². The molecule has 0 aromatic carbocycles. The summed E-state index contributed by atoms with van der Waals surface area (Å²) >= 11 is 0. The summed E-state index contributed by atoms with van der Waals surface area (Å²) in [4.78, 5) is 11.1. The first-order valence-electron chi connectivity index (χ1n) is 11.8. The number of methoxy groups -OCH3 is 1. The van der Waals surface area contributed by atoms with Crippen LogP contribution >= 0.6 is 0 Å². The maximum absolute atomic E-state index is 11.1. The van der Waals surface area contributed by atoms with E-state index in [9.17, 15) is 4.79 Å². The van der Waals surface area contributed by atoms with Gasteiger partial charge in [-0.15, -0.1) is 0 Å². The summed E-state index contributed by atoms with van der Waals surface area (Å²) < 4.78 is 5.67. The molecule has 0 saturated heterocycles. The molecule has 1 N–H and O–H groups in total. The van der Waals surface area contributed by atoms with Gasteiger partial charge in [0.25, 0.3) is 0 Å². The quantitative estimate of drug-likeness (QED) is 0.580. The average molecular weight is 389 g/mol. The molecule has 0 amide bonds. The molecule has 8 atom stereocenters. The molecule has 4 aliphatic carbocycles. The molecular weight excluding hydrogens is 348 g/mol. The van der Waals surface area contributed by atoms with E-state index in [1.807, 2.05) is 7.11 Å². The highest BCUT2D eigenvalue weighted by Gasteiger charge is 2.59. The van der Waals surface area contributed by atoms with E-state index in [1.165, 1.54) is 51.4 Å². The van der Waals surface area contributed by atoms with Crippen molar-refractivity contribution in [1.29, 1.82) is 0 Å². The molecule has 4 aliphatic rings. The average Bonchev–Trinajstić information content (AvgIpc) is 3.02. The Bertz CT molecular complexity index is 640. The molecule has 0 radical (unpaired) electrons. The van der Waals surface area contributed by atoms with E-state index >= 15 is 0 Å². The minimum atomic E-state index is -0.638. The Morgan fingerprint density at radius 2 is 1.96 bits per heavy atom. The number of fused-ring (bicyclic) bond motifs is 5. The molecule has 3 saturated carbocycles. The summed E-state index contributed by atoms with van der Waals surface area (Å²) in [6, 6.07) is 0. The van der Waals surface area contributed by atoms with Crippen LogP contribution in [0.1, 0.15) is 85.0 Å². The lowest BCUT2D eigenvalue weighted by Crippen LogP contribution is -2.51. The zero-order valence-electron chi connectivity index (χ0n) is 18.4. The van der Waals surface area contributed by atoms with Gasteiger partial charge in [-0.25, -0.2) is 0 Å². The molecule has 3 unspecified atom stereocenters. The summed E-state index contributed by atoms with van der Waals surface area (Å²) in [6.45, 7) is 7.45. The molecule has 0 spiro atoms. The van der Waals surface area contributed by atoms with E-state index in [-0.39, 0.29) is 0 Å². The second kappa shape index (κ2) is 7.45. The molecule has 0 aromatic heterocycles. The van der Waals surface area contributed by atoms with Gasteiger partial charge in [-0.2, -0.15) is 0 Å². The van der Waals surface area contributed by atoms with Gasteiger partial charge >= 0.3 is 5.97 Å². The molecule has 158 valence electrons. The third kappa shape index (κ3) is 3.16. The van der Waals surface area contributed by atoms with Crippen LogP contribution in [0.25, 0.3) is 0 Å². The SMILES string of the molecule is CO[C@H]1C=C2CCC3[C@H](CC[C@]4(C)C(C(C)CCC(=O)O)CC[C@@H]34)[C@@]2(C)CC1. The van der Waals surface area contributed by atoms with Gasteiger partial charge in [0.2, 0.25) is 0 Å². The van der Waals surface area contributed by atoms with Gasteiger partial charge in [-0.3, -0.25) is 4.79 Å². The number of aliphatic carboxylic acids is 1. The monoisotopic (exact) mass is 388 g/mol. The standard InChI is InChI=1S/C25H40O3/c1-16(5-10-23(26)27)20-8-9-21-19-7-6-17-15-18(28-4)11-13-24(17,2)22(19)12-14-25(20,21)3/h15-16,18-22H,5-14H2,1-4H3,(H,26,27)/t16?,18-,19?,20?,21+,22+,24+,25-/m1/s1. The van der Waals surface area contributed by atoms with Crippen molar-refractivity contribution in [3.8, 4) is 0 Å². The number of carbonyl (C=O) groups is 1. The van der Waals surface area contributed by atoms with Gasteiger partial charge in [0.1, 0.15) is 0 Å². The van der Waals surface area contributed by atoms with Gasteiger partial charge in [-0.05, 0) is 98.2 Å². The lowest BCUT2D eigenvalue weighted by molar-refractivity contribution is -0.137. The van der Waals surface area contributed by atoms with Crippen molar-refractivity contribution in [2.75, 3.05) is 7.11 Å². The third-order valence-electron chi connectivity index (χ3n) is 9.95. The van der Waals surface area contributed by atoms with Gasteiger partial charge < -0.3 is 9.84 Å². The summed E-state index contributed by atoms with van der Waals surface area (Å²) in [5, 5.41) is 9.12. The Balaban J connectivity index is 1.53. The normalized spacial score (nSPS) is 46.1. The van der Waals surface area contributed by atoms with Crippen LogP contribution in [0.2, 0.25) is 0 Å². The number of carboxylic acids is 1. The van der Waals surface area contributed by atoms with Crippen molar-refractivity contribution in [3.05, 3.63) is 11.6 Å². The Kier molecular flexibility index (Phi) is 5.44. The van der Waals surface area contributed by atoms with Crippen LogP contribution in [0.4, 0.5) is 0 Å². The maximum Gasteiger partial charge on any atom is 0.303 e. The van der Waals surface area contributed by atoms with Gasteiger partial charge in [0.05, 0.1) is 6.10 Å². The lowest BCUT2D eigenvalue weighted by Gasteiger charge is -2.59. The number of allylic oxidation sites excluding steroid dienone is 1. The first-order chi connectivity index (χ1) is 13.3. The van der Waals surface area contributed by atoms with Crippen LogP contribution in [-0.2, 0) is 9.53 Å². The molecule has 3 heteroatoms. The van der Waals surface area contributed by atoms with Crippen LogP contribution in [0.5, 0.6) is 0 Å². The van der Waals surface area contributed by atoms with E-state index in [2.05, 4.69) is 26.8 Å².